The third-order valence-electron chi connectivity index (χ3n) is 1.56. The summed E-state index contributed by atoms with van der Waals surface area (Å²) < 4.78 is 36.5. The molecule has 0 saturated carbocycles. The summed E-state index contributed by atoms with van der Waals surface area (Å²) in [6.07, 6.45) is 2.13. The maximum absolute atomic E-state index is 12.2. The minimum Gasteiger partial charge on any atom is -0.249 e. The molecule has 15 heavy (non-hydrogen) atoms. The molecule has 1 aromatic rings. The molecule has 0 amide bonds. The molecule has 80 valence electrons. The van der Waals surface area contributed by atoms with E-state index in [1.165, 1.54) is 17.8 Å². The third kappa shape index (κ3) is 3.84. The topological polar surface area (TPSA) is 12.9 Å². The first-order valence-electron chi connectivity index (χ1n) is 4.13. The van der Waals surface area contributed by atoms with Crippen molar-refractivity contribution in [2.24, 2.45) is 0 Å². The van der Waals surface area contributed by atoms with Gasteiger partial charge in [0, 0.05) is 18.4 Å². The fourth-order valence-corrected chi connectivity index (χ4v) is 1.57. The molecule has 0 aromatic carbocycles. The molecular formula is C10H8F3NS. The number of pyridine rings is 1. The molecule has 0 radical (unpaired) electrons. The van der Waals surface area contributed by atoms with Gasteiger partial charge in [-0.3, -0.25) is 0 Å². The van der Waals surface area contributed by atoms with Crippen LogP contribution in [0.25, 0.3) is 0 Å². The maximum atomic E-state index is 12.2. The molecular weight excluding hydrogens is 223 g/mol. The number of thioether (sulfide) groups is 1. The van der Waals surface area contributed by atoms with Gasteiger partial charge in [-0.1, -0.05) is 0 Å². The van der Waals surface area contributed by atoms with E-state index in [1.807, 2.05) is 0 Å². The first kappa shape index (κ1) is 11.9. The maximum Gasteiger partial charge on any atom is 0.417 e. The SMILES string of the molecule is C#CCCSc1ccc(C(F)(F)F)cn1. The van der Waals surface area contributed by atoms with Crippen molar-refractivity contribution < 1.29 is 13.2 Å². The highest BCUT2D eigenvalue weighted by Gasteiger charge is 2.30. The predicted molar refractivity (Wildman–Crippen MR) is 53.4 cm³/mol. The van der Waals surface area contributed by atoms with E-state index in [0.717, 1.165) is 12.3 Å². The quantitative estimate of drug-likeness (QED) is 0.450. The molecule has 5 heteroatoms. The van der Waals surface area contributed by atoms with Gasteiger partial charge >= 0.3 is 6.18 Å². The summed E-state index contributed by atoms with van der Waals surface area (Å²) in [6, 6.07) is 2.37. The number of nitrogens with zero attached hydrogens (tertiary/aromatic N) is 1. The van der Waals surface area contributed by atoms with Crippen LogP contribution in [0.1, 0.15) is 12.0 Å². The van der Waals surface area contributed by atoms with E-state index in [4.69, 9.17) is 6.42 Å². The second kappa shape index (κ2) is 5.08. The number of aromatic nitrogens is 1. The summed E-state index contributed by atoms with van der Waals surface area (Å²) in [6.45, 7) is 0. The minimum absolute atomic E-state index is 0.554. The van der Waals surface area contributed by atoms with Crippen LogP contribution in [-0.4, -0.2) is 10.7 Å². The average Bonchev–Trinajstić information content (AvgIpc) is 2.18. The second-order valence-corrected chi connectivity index (χ2v) is 3.80. The van der Waals surface area contributed by atoms with Crippen LogP contribution < -0.4 is 0 Å². The molecule has 0 aliphatic carbocycles. The Hall–Kier alpha value is -1.15. The normalized spacial score (nSPS) is 11.1. The summed E-state index contributed by atoms with van der Waals surface area (Å²) in [5, 5.41) is 0.554. The number of terminal acetylenes is 1. The smallest absolute Gasteiger partial charge is 0.249 e. The number of hydrogen-bond acceptors (Lipinski definition) is 2. The lowest BCUT2D eigenvalue weighted by Crippen LogP contribution is -2.05. The number of rotatable bonds is 3. The Morgan fingerprint density at radius 2 is 2.13 bits per heavy atom. The summed E-state index contributed by atoms with van der Waals surface area (Å²) in [7, 11) is 0. The Balaban J connectivity index is 2.61. The fraction of sp³-hybridized carbons (Fsp3) is 0.300. The van der Waals surface area contributed by atoms with Crippen molar-refractivity contribution >= 4 is 11.8 Å². The fourth-order valence-electron chi connectivity index (χ4n) is 0.848. The molecule has 0 aliphatic heterocycles. The predicted octanol–water partition coefficient (Wildman–Crippen LogP) is 3.22. The van der Waals surface area contributed by atoms with Gasteiger partial charge in [0.05, 0.1) is 10.6 Å². The molecule has 0 saturated heterocycles. The van der Waals surface area contributed by atoms with Gasteiger partial charge in [-0.25, -0.2) is 4.98 Å². The van der Waals surface area contributed by atoms with Gasteiger partial charge in [0.25, 0.3) is 0 Å². The Kier molecular flexibility index (Phi) is 4.04. The lowest BCUT2D eigenvalue weighted by Gasteiger charge is -2.05. The van der Waals surface area contributed by atoms with Crippen molar-refractivity contribution in [3.8, 4) is 12.3 Å². The molecule has 0 spiro atoms. The molecule has 0 unspecified atom stereocenters. The Morgan fingerprint density at radius 3 is 2.60 bits per heavy atom. The molecule has 0 bridgehead atoms. The Bertz CT molecular complexity index is 350. The summed E-state index contributed by atoms with van der Waals surface area (Å²) in [5.74, 6) is 3.11. The van der Waals surface area contributed by atoms with E-state index < -0.39 is 11.7 Å². The highest BCUT2D eigenvalue weighted by atomic mass is 32.2. The average molecular weight is 231 g/mol. The van der Waals surface area contributed by atoms with E-state index in [2.05, 4.69) is 10.9 Å². The van der Waals surface area contributed by atoms with E-state index in [1.54, 1.807) is 0 Å². The number of alkyl halides is 3. The molecule has 1 nitrogen and oxygen atoms in total. The summed E-state index contributed by atoms with van der Waals surface area (Å²) >= 11 is 1.34. The van der Waals surface area contributed by atoms with Crippen molar-refractivity contribution in [2.45, 2.75) is 17.6 Å². The van der Waals surface area contributed by atoms with Crippen molar-refractivity contribution in [1.82, 2.24) is 4.98 Å². The number of halogens is 3. The van der Waals surface area contributed by atoms with E-state index in [-0.39, 0.29) is 0 Å². The van der Waals surface area contributed by atoms with Crippen LogP contribution in [0.2, 0.25) is 0 Å². The van der Waals surface area contributed by atoms with E-state index in [9.17, 15) is 13.2 Å². The first-order chi connectivity index (χ1) is 7.04. The van der Waals surface area contributed by atoms with Crippen LogP contribution >= 0.6 is 11.8 Å². The van der Waals surface area contributed by atoms with Crippen molar-refractivity contribution in [3.63, 3.8) is 0 Å². The van der Waals surface area contributed by atoms with Gasteiger partial charge in [-0.05, 0) is 12.1 Å². The second-order valence-electron chi connectivity index (χ2n) is 2.69. The molecule has 0 atom stereocenters. The lowest BCUT2D eigenvalue weighted by molar-refractivity contribution is -0.137. The summed E-state index contributed by atoms with van der Waals surface area (Å²) in [4.78, 5) is 3.69. The van der Waals surface area contributed by atoms with Crippen LogP contribution in [0.3, 0.4) is 0 Å². The molecule has 0 aliphatic rings. The van der Waals surface area contributed by atoms with Crippen LogP contribution in [-0.2, 0) is 6.18 Å². The standard InChI is InChI=1S/C10H8F3NS/c1-2-3-6-15-9-5-4-8(7-14-9)10(11,12)13/h1,4-5,7H,3,6H2. The van der Waals surface area contributed by atoms with Gasteiger partial charge in [0.2, 0.25) is 0 Å². The van der Waals surface area contributed by atoms with Crippen LogP contribution in [0.5, 0.6) is 0 Å². The van der Waals surface area contributed by atoms with Crippen LogP contribution in [0.4, 0.5) is 13.2 Å². The minimum atomic E-state index is -4.32. The highest BCUT2D eigenvalue weighted by molar-refractivity contribution is 7.99. The van der Waals surface area contributed by atoms with E-state index in [0.29, 0.717) is 17.2 Å². The van der Waals surface area contributed by atoms with Crippen molar-refractivity contribution in [1.29, 1.82) is 0 Å². The largest absolute Gasteiger partial charge is 0.417 e. The van der Waals surface area contributed by atoms with Gasteiger partial charge in [0.1, 0.15) is 0 Å². The zero-order chi connectivity index (χ0) is 11.3. The van der Waals surface area contributed by atoms with Crippen molar-refractivity contribution in [3.05, 3.63) is 23.9 Å². The van der Waals surface area contributed by atoms with Gasteiger partial charge < -0.3 is 0 Å². The zero-order valence-corrected chi connectivity index (χ0v) is 8.53. The van der Waals surface area contributed by atoms with Gasteiger partial charge in [0.15, 0.2) is 0 Å². The molecule has 1 rings (SSSR count). The third-order valence-corrected chi connectivity index (χ3v) is 2.51. The monoisotopic (exact) mass is 231 g/mol. The first-order valence-corrected chi connectivity index (χ1v) is 5.12. The van der Waals surface area contributed by atoms with Gasteiger partial charge in [-0.15, -0.1) is 24.1 Å². The van der Waals surface area contributed by atoms with Gasteiger partial charge in [-0.2, -0.15) is 13.2 Å². The summed E-state index contributed by atoms with van der Waals surface area (Å²) in [5.41, 5.74) is -0.733. The van der Waals surface area contributed by atoms with Crippen LogP contribution in [0, 0.1) is 12.3 Å². The number of hydrogen-bond donors (Lipinski definition) is 0. The molecule has 1 heterocycles. The zero-order valence-electron chi connectivity index (χ0n) is 7.71. The molecule has 0 fully saturated rings. The van der Waals surface area contributed by atoms with Crippen LogP contribution in [0.15, 0.2) is 23.4 Å². The highest BCUT2D eigenvalue weighted by Crippen LogP contribution is 2.29. The Morgan fingerprint density at radius 1 is 1.40 bits per heavy atom. The van der Waals surface area contributed by atoms with E-state index >= 15 is 0 Å². The Labute approximate surface area is 90.1 Å². The molecule has 1 aromatic heterocycles. The molecule has 0 N–H and O–H groups in total. The van der Waals surface area contributed by atoms with Crippen molar-refractivity contribution in [2.75, 3.05) is 5.75 Å². The lowest BCUT2D eigenvalue weighted by atomic mass is 10.3.